The summed E-state index contributed by atoms with van der Waals surface area (Å²) < 4.78 is 21.4. The summed E-state index contributed by atoms with van der Waals surface area (Å²) in [5.41, 5.74) is 6.29. The normalized spacial score (nSPS) is 24.8. The van der Waals surface area contributed by atoms with Gasteiger partial charge in [-0.15, -0.1) is 12.8 Å². The highest BCUT2D eigenvalue weighted by molar-refractivity contribution is 5.91. The van der Waals surface area contributed by atoms with Gasteiger partial charge in [0.15, 0.2) is 0 Å². The average molecular weight is 985 g/mol. The molecule has 9 rings (SSSR count). The molecular weight excluding hydrogens is 913 g/mol. The molecule has 4 saturated heterocycles. The van der Waals surface area contributed by atoms with E-state index < -0.39 is 24.3 Å². The number of likely N-dealkylation sites (tertiary alicyclic amines) is 2. The summed E-state index contributed by atoms with van der Waals surface area (Å²) >= 11 is 0. The number of benzene rings is 3. The third-order valence-electron chi connectivity index (χ3n) is 14.6. The lowest BCUT2D eigenvalue weighted by molar-refractivity contribution is -0.140. The number of fused-ring (bicyclic) bond motifs is 1. The Balaban J connectivity index is 0.000000266. The fourth-order valence-corrected chi connectivity index (χ4v) is 11.1. The van der Waals surface area contributed by atoms with Crippen LogP contribution in [-0.4, -0.2) is 124 Å². The van der Waals surface area contributed by atoms with Crippen LogP contribution in [0.25, 0.3) is 44.4 Å². The Morgan fingerprint density at radius 3 is 1.82 bits per heavy atom. The van der Waals surface area contributed by atoms with Gasteiger partial charge in [0.2, 0.25) is 11.8 Å². The minimum absolute atomic E-state index is 0.00165. The van der Waals surface area contributed by atoms with Crippen molar-refractivity contribution >= 4 is 34.8 Å². The van der Waals surface area contributed by atoms with E-state index in [0.717, 1.165) is 97.5 Å². The maximum absolute atomic E-state index is 14.3. The Morgan fingerprint density at radius 2 is 1.21 bits per heavy atom. The summed E-state index contributed by atoms with van der Waals surface area (Å²) in [5, 5.41) is 7.99. The van der Waals surface area contributed by atoms with E-state index >= 15 is 0 Å². The number of nitrogens with one attached hydrogen (secondary N) is 4. The second-order valence-electron chi connectivity index (χ2n) is 19.8. The number of terminal acetylenes is 1. The van der Waals surface area contributed by atoms with E-state index in [1.807, 2.05) is 43.0 Å². The summed E-state index contributed by atoms with van der Waals surface area (Å²) in [7, 11) is 2.65. The average Bonchev–Trinajstić information content (AvgIpc) is 4.25. The van der Waals surface area contributed by atoms with Gasteiger partial charge < -0.3 is 49.3 Å². The summed E-state index contributed by atoms with van der Waals surface area (Å²) in [6.07, 6.45) is 20.2. The maximum atomic E-state index is 14.3. The Labute approximate surface area is 423 Å². The van der Waals surface area contributed by atoms with Crippen molar-refractivity contribution in [3.63, 3.8) is 0 Å². The molecule has 4 fully saturated rings. The molecule has 3 aromatic carbocycles. The Bertz CT molecular complexity index is 2600. The van der Waals surface area contributed by atoms with Gasteiger partial charge in [0.25, 0.3) is 0 Å². The van der Waals surface area contributed by atoms with Crippen LogP contribution < -0.4 is 10.6 Å². The molecule has 4 amide bonds. The number of amides is 4. The van der Waals surface area contributed by atoms with Crippen molar-refractivity contribution in [2.45, 2.75) is 141 Å². The number of hydrogen-bond acceptors (Lipinski definition) is 10. The summed E-state index contributed by atoms with van der Waals surface area (Å²) in [6.45, 7) is 11.8. The molecule has 16 heteroatoms. The van der Waals surface area contributed by atoms with Crippen molar-refractivity contribution in [1.82, 2.24) is 40.4 Å². The molecule has 4 aliphatic rings. The number of carbonyl (C=O) groups excluding carboxylic acids is 4. The smallest absolute Gasteiger partial charge is 0.407 e. The lowest BCUT2D eigenvalue weighted by Gasteiger charge is -2.39. The largest absolute Gasteiger partial charge is 0.453 e. The zero-order valence-corrected chi connectivity index (χ0v) is 42.8. The van der Waals surface area contributed by atoms with Crippen molar-refractivity contribution in [3.8, 4) is 46.5 Å². The van der Waals surface area contributed by atoms with Crippen LogP contribution in [0.15, 0.2) is 79.4 Å². The SMILES string of the molecule is C#C.COC(=O)NC(C(=O)N1CCCC1)[C@@H]1CC[C@H](C)O[C@H](C)C1.COC(=O)NC(C(=O)N1[C@@H](C)CC[C@H]1c1ncc(-c2ccc(-c3ccc4cc(-c5cnc[nH]5)ccc4c3)cc2)[nH]1)C1C[C@@H](C)O[C@@H](C)C1. The fourth-order valence-electron chi connectivity index (χ4n) is 11.1. The van der Waals surface area contributed by atoms with Crippen LogP contribution in [0.4, 0.5) is 9.59 Å². The molecular formula is C56H72N8O8. The molecule has 0 bridgehead atoms. The molecule has 0 aliphatic carbocycles. The van der Waals surface area contributed by atoms with E-state index in [4.69, 9.17) is 23.9 Å². The summed E-state index contributed by atoms with van der Waals surface area (Å²) in [5.74, 6) is 0.705. The molecule has 16 nitrogen and oxygen atoms in total. The first-order chi connectivity index (χ1) is 34.8. The van der Waals surface area contributed by atoms with Gasteiger partial charge in [0, 0.05) is 24.7 Å². The van der Waals surface area contributed by atoms with Crippen molar-refractivity contribution in [1.29, 1.82) is 0 Å². The van der Waals surface area contributed by atoms with Gasteiger partial charge in [-0.05, 0) is 144 Å². The Hall–Kier alpha value is -6.70. The summed E-state index contributed by atoms with van der Waals surface area (Å²) in [6, 6.07) is 20.0. The molecule has 0 radical (unpaired) electrons. The zero-order chi connectivity index (χ0) is 51.5. The minimum Gasteiger partial charge on any atom is -0.453 e. The lowest BCUT2D eigenvalue weighted by atomic mass is 9.85. The van der Waals surface area contributed by atoms with Crippen molar-refractivity contribution < 1.29 is 38.1 Å². The number of carbonyl (C=O) groups is 4. The van der Waals surface area contributed by atoms with Crippen LogP contribution in [0, 0.1) is 24.7 Å². The monoisotopic (exact) mass is 985 g/mol. The van der Waals surface area contributed by atoms with Gasteiger partial charge in [-0.2, -0.15) is 0 Å². The first-order valence-corrected chi connectivity index (χ1v) is 25.4. The fraction of sp³-hybridized carbons (Fsp3) is 0.500. The molecule has 72 heavy (non-hydrogen) atoms. The Morgan fingerprint density at radius 1 is 0.653 bits per heavy atom. The molecule has 4 aliphatic heterocycles. The van der Waals surface area contributed by atoms with Gasteiger partial charge in [-0.1, -0.05) is 48.5 Å². The predicted octanol–water partition coefficient (Wildman–Crippen LogP) is 9.44. The second kappa shape index (κ2) is 24.6. The Kier molecular flexibility index (Phi) is 18.2. The van der Waals surface area contributed by atoms with Crippen molar-refractivity contribution in [2.24, 2.45) is 11.8 Å². The van der Waals surface area contributed by atoms with Crippen LogP contribution in [-0.2, 0) is 28.5 Å². The molecule has 5 aromatic rings. The first kappa shape index (κ1) is 53.1. The standard InChI is InChI=1S/C38H42N6O4.C16H28N2O4.C2H2/c1-22-5-14-34(44(22)37(45)35(43-38(46)47-4)31-15-23(2)48-24(3)16-31)36-40-20-33(42-36)26-8-6-25(7-9-26)27-10-11-29-18-30(13-12-28(29)17-27)32-19-39-21-41-32;1-11-6-7-13(10-12(2)22-11)14(17-16(20)21-3)15(19)18-8-4-5-9-18;1-2/h6-13,17-24,31,34-35H,5,14-16H2,1-4H3,(H,39,41)(H,40,42)(H,43,46);11-14H,4-10H2,1-3H3,(H,17,20);1-2H/t22-,23-,24+,31?,34-,35?;11-,12+,13+,14?;/m00./s1. The molecule has 3 unspecified atom stereocenters. The molecule has 4 N–H and O–H groups in total. The predicted molar refractivity (Wildman–Crippen MR) is 277 cm³/mol. The molecule has 0 spiro atoms. The van der Waals surface area contributed by atoms with E-state index in [2.05, 4.69) is 113 Å². The van der Waals surface area contributed by atoms with E-state index in [-0.39, 0.29) is 60.1 Å². The molecule has 0 saturated carbocycles. The third kappa shape index (κ3) is 12.8. The highest BCUT2D eigenvalue weighted by Crippen LogP contribution is 2.39. The van der Waals surface area contributed by atoms with Gasteiger partial charge in [-0.25, -0.2) is 19.6 Å². The number of imidazole rings is 2. The lowest BCUT2D eigenvalue weighted by Crippen LogP contribution is -2.55. The quantitative estimate of drug-likeness (QED) is 0.0980. The molecule has 2 aromatic heterocycles. The topological polar surface area (TPSA) is 193 Å². The van der Waals surface area contributed by atoms with Crippen LogP contribution in [0.3, 0.4) is 0 Å². The number of nitrogens with zero attached hydrogens (tertiary/aromatic N) is 4. The number of aromatic nitrogens is 4. The number of rotatable bonds is 10. The van der Waals surface area contributed by atoms with Crippen LogP contribution in [0.1, 0.15) is 104 Å². The van der Waals surface area contributed by atoms with Gasteiger partial charge >= 0.3 is 12.2 Å². The number of hydrogen-bond donors (Lipinski definition) is 4. The molecule has 6 heterocycles. The maximum Gasteiger partial charge on any atom is 0.407 e. The first-order valence-electron chi connectivity index (χ1n) is 25.4. The van der Waals surface area contributed by atoms with Crippen molar-refractivity contribution in [3.05, 3.63) is 85.2 Å². The summed E-state index contributed by atoms with van der Waals surface area (Å²) in [4.78, 5) is 70.5. The number of ether oxygens (including phenoxy) is 4. The van der Waals surface area contributed by atoms with Crippen LogP contribution in [0.2, 0.25) is 0 Å². The van der Waals surface area contributed by atoms with E-state index in [1.165, 1.54) is 25.0 Å². The highest BCUT2D eigenvalue weighted by Gasteiger charge is 2.44. The van der Waals surface area contributed by atoms with Crippen LogP contribution in [0.5, 0.6) is 0 Å². The number of methoxy groups -OCH3 is 2. The highest BCUT2D eigenvalue weighted by atomic mass is 16.5. The molecule has 384 valence electrons. The van der Waals surface area contributed by atoms with E-state index in [9.17, 15) is 19.2 Å². The third-order valence-corrected chi connectivity index (χ3v) is 14.6. The van der Waals surface area contributed by atoms with Gasteiger partial charge in [0.1, 0.15) is 17.9 Å². The van der Waals surface area contributed by atoms with Gasteiger partial charge in [-0.3, -0.25) is 9.59 Å². The minimum atomic E-state index is -0.704. The molecule has 10 atom stereocenters. The second-order valence-corrected chi connectivity index (χ2v) is 19.8. The number of alkyl carbamates (subject to hydrolysis) is 2. The number of aromatic amines is 2. The van der Waals surface area contributed by atoms with Crippen LogP contribution >= 0.6 is 0 Å². The van der Waals surface area contributed by atoms with E-state index in [0.29, 0.717) is 12.8 Å². The van der Waals surface area contributed by atoms with Crippen molar-refractivity contribution in [2.75, 3.05) is 27.3 Å². The van der Waals surface area contributed by atoms with E-state index in [1.54, 1.807) is 6.33 Å². The number of H-pyrrole nitrogens is 2. The zero-order valence-electron chi connectivity index (χ0n) is 42.8. The van der Waals surface area contributed by atoms with Gasteiger partial charge in [0.05, 0.1) is 74.8 Å².